The van der Waals surface area contributed by atoms with Crippen LogP contribution in [-0.4, -0.2) is 40.0 Å². The number of carbonyl (C=O) groups excluding carboxylic acids is 1. The maximum absolute atomic E-state index is 12.5. The Morgan fingerprint density at radius 1 is 0.929 bits per heavy atom. The molecule has 4 aromatic rings. The lowest BCUT2D eigenvalue weighted by Gasteiger charge is -2.32. The van der Waals surface area contributed by atoms with Crippen molar-refractivity contribution in [3.63, 3.8) is 0 Å². The summed E-state index contributed by atoms with van der Waals surface area (Å²) in [7, 11) is -0.441. The van der Waals surface area contributed by atoms with Gasteiger partial charge in [-0.2, -0.15) is 0 Å². The third kappa shape index (κ3) is 6.13. The zero-order valence-electron chi connectivity index (χ0n) is 26.3. The van der Waals surface area contributed by atoms with E-state index in [9.17, 15) is 4.79 Å². The molecule has 1 atom stereocenters. The molecule has 0 spiro atoms. The van der Waals surface area contributed by atoms with Gasteiger partial charge >= 0.3 is 13.2 Å². The average Bonchev–Trinajstić information content (AvgIpc) is 3.56. The molecule has 3 heterocycles. The Hall–Kier alpha value is -3.56. The standard InChI is InChI=1S/C33H42BN3O5/c1-30(2,3)27(37-29(38)40-31(4,5)6)28-35-19-24(36-28)20-11-13-21(14-12-20)25-17-22-15-16-23(18-26(22)39-25)34-41-32(7,8)33(9,10)42-34/h11-19,27H,1-10H3,(H,35,36)(H,37,38)/t27-/m1/s1. The Balaban J connectivity index is 1.34. The van der Waals surface area contributed by atoms with E-state index in [1.54, 1.807) is 6.20 Å². The SMILES string of the molecule is CC(C)(C)OC(=O)N[C@H](c1ncc(-c2ccc(-c3cc4ccc(B5OC(C)(C)C(C)(C)O5)cc4o3)cc2)[nH]1)C(C)(C)C. The Morgan fingerprint density at radius 2 is 1.55 bits per heavy atom. The summed E-state index contributed by atoms with van der Waals surface area (Å²) >= 11 is 0. The van der Waals surface area contributed by atoms with E-state index in [0.29, 0.717) is 5.82 Å². The van der Waals surface area contributed by atoms with Crippen molar-refractivity contribution in [3.05, 3.63) is 60.6 Å². The van der Waals surface area contributed by atoms with E-state index in [2.05, 4.69) is 36.1 Å². The molecule has 1 amide bonds. The highest BCUT2D eigenvalue weighted by Gasteiger charge is 2.51. The maximum atomic E-state index is 12.5. The molecule has 1 saturated heterocycles. The van der Waals surface area contributed by atoms with Crippen LogP contribution in [0, 0.1) is 5.41 Å². The summed E-state index contributed by atoms with van der Waals surface area (Å²) in [6, 6.07) is 15.9. The van der Waals surface area contributed by atoms with Crippen LogP contribution < -0.4 is 10.8 Å². The Morgan fingerprint density at radius 3 is 2.14 bits per heavy atom. The van der Waals surface area contributed by atoms with E-state index >= 15 is 0 Å². The van der Waals surface area contributed by atoms with Crippen molar-refractivity contribution in [1.82, 2.24) is 15.3 Å². The smallest absolute Gasteiger partial charge is 0.456 e. The second-order valence-corrected chi connectivity index (χ2v) is 14.2. The molecule has 42 heavy (non-hydrogen) atoms. The second kappa shape index (κ2) is 10.3. The van der Waals surface area contributed by atoms with Crippen LogP contribution in [0.4, 0.5) is 4.79 Å². The lowest BCUT2D eigenvalue weighted by atomic mass is 9.79. The molecule has 9 heteroatoms. The third-order valence-electron chi connectivity index (χ3n) is 7.95. The molecule has 5 rings (SSSR count). The number of hydrogen-bond acceptors (Lipinski definition) is 6. The highest BCUT2D eigenvalue weighted by atomic mass is 16.7. The van der Waals surface area contributed by atoms with E-state index in [1.165, 1.54) is 0 Å². The number of furan rings is 1. The number of aromatic nitrogens is 2. The topological polar surface area (TPSA) is 98.6 Å². The summed E-state index contributed by atoms with van der Waals surface area (Å²) in [6.45, 7) is 19.9. The summed E-state index contributed by atoms with van der Waals surface area (Å²) in [5.41, 5.74) is 2.83. The minimum atomic E-state index is -0.585. The number of aromatic amines is 1. The van der Waals surface area contributed by atoms with E-state index in [0.717, 1.165) is 39.0 Å². The van der Waals surface area contributed by atoms with Crippen LogP contribution in [0.3, 0.4) is 0 Å². The van der Waals surface area contributed by atoms with E-state index in [1.807, 2.05) is 97.0 Å². The number of benzene rings is 2. The Labute approximate surface area is 248 Å². The van der Waals surface area contributed by atoms with Gasteiger partial charge in [-0.1, -0.05) is 57.2 Å². The highest BCUT2D eigenvalue weighted by Crippen LogP contribution is 2.37. The van der Waals surface area contributed by atoms with Crippen LogP contribution in [0.15, 0.2) is 59.1 Å². The summed E-state index contributed by atoms with van der Waals surface area (Å²) in [6.07, 6.45) is 1.32. The van der Waals surface area contributed by atoms with Crippen molar-refractivity contribution in [3.8, 4) is 22.6 Å². The molecule has 0 aliphatic carbocycles. The van der Waals surface area contributed by atoms with Crippen molar-refractivity contribution in [1.29, 1.82) is 0 Å². The van der Waals surface area contributed by atoms with Crippen LogP contribution in [0.5, 0.6) is 0 Å². The fourth-order valence-electron chi connectivity index (χ4n) is 4.88. The van der Waals surface area contributed by atoms with Gasteiger partial charge in [-0.25, -0.2) is 9.78 Å². The first-order valence-corrected chi connectivity index (χ1v) is 14.5. The van der Waals surface area contributed by atoms with E-state index in [-0.39, 0.29) is 11.5 Å². The number of alkyl carbamates (subject to hydrolysis) is 1. The first-order chi connectivity index (χ1) is 19.4. The Bertz CT molecular complexity index is 1570. The molecule has 2 aromatic heterocycles. The molecule has 222 valence electrons. The van der Waals surface area contributed by atoms with Crippen molar-refractivity contribution < 1.29 is 23.3 Å². The van der Waals surface area contributed by atoms with Gasteiger partial charge in [0, 0.05) is 10.9 Å². The number of fused-ring (bicyclic) bond motifs is 1. The minimum Gasteiger partial charge on any atom is -0.456 e. The number of H-pyrrole nitrogens is 1. The Kier molecular flexibility index (Phi) is 7.35. The molecule has 0 unspecified atom stereocenters. The number of amides is 1. The van der Waals surface area contributed by atoms with Gasteiger partial charge in [-0.15, -0.1) is 0 Å². The van der Waals surface area contributed by atoms with Crippen molar-refractivity contribution >= 4 is 29.6 Å². The molecule has 1 fully saturated rings. The van der Waals surface area contributed by atoms with Gasteiger partial charge in [0.15, 0.2) is 0 Å². The molecular weight excluding hydrogens is 529 g/mol. The monoisotopic (exact) mass is 571 g/mol. The molecule has 0 bridgehead atoms. The number of ether oxygens (including phenoxy) is 1. The van der Waals surface area contributed by atoms with Gasteiger partial charge in [0.05, 0.1) is 29.1 Å². The van der Waals surface area contributed by atoms with Gasteiger partial charge in [-0.3, -0.25) is 0 Å². The van der Waals surface area contributed by atoms with Crippen LogP contribution >= 0.6 is 0 Å². The maximum Gasteiger partial charge on any atom is 0.494 e. The summed E-state index contributed by atoms with van der Waals surface area (Å²) in [5, 5.41) is 4.00. The van der Waals surface area contributed by atoms with Gasteiger partial charge < -0.3 is 28.8 Å². The fraction of sp³-hybridized carbons (Fsp3) is 0.455. The van der Waals surface area contributed by atoms with Crippen LogP contribution in [0.1, 0.15) is 81.1 Å². The highest BCUT2D eigenvalue weighted by molar-refractivity contribution is 6.62. The first kappa shape index (κ1) is 29.9. The third-order valence-corrected chi connectivity index (χ3v) is 7.95. The lowest BCUT2D eigenvalue weighted by molar-refractivity contribution is 0.00578. The van der Waals surface area contributed by atoms with Crippen LogP contribution in [0.2, 0.25) is 0 Å². The second-order valence-electron chi connectivity index (χ2n) is 14.2. The predicted octanol–water partition coefficient (Wildman–Crippen LogP) is 7.40. The molecule has 2 N–H and O–H groups in total. The summed E-state index contributed by atoms with van der Waals surface area (Å²) < 4.78 is 24.2. The average molecular weight is 572 g/mol. The minimum absolute atomic E-state index is 0.292. The van der Waals surface area contributed by atoms with Gasteiger partial charge in [0.2, 0.25) is 0 Å². The zero-order valence-corrected chi connectivity index (χ0v) is 26.3. The van der Waals surface area contributed by atoms with E-state index in [4.69, 9.17) is 18.5 Å². The number of imidazole rings is 1. The lowest BCUT2D eigenvalue weighted by Crippen LogP contribution is -2.41. The van der Waals surface area contributed by atoms with Crippen molar-refractivity contribution in [2.24, 2.45) is 5.41 Å². The van der Waals surface area contributed by atoms with Crippen molar-refractivity contribution in [2.75, 3.05) is 0 Å². The number of carbonyl (C=O) groups is 1. The summed E-state index contributed by atoms with van der Waals surface area (Å²) in [5.74, 6) is 1.45. The quantitative estimate of drug-likeness (QED) is 0.242. The van der Waals surface area contributed by atoms with Crippen molar-refractivity contribution in [2.45, 2.75) is 92.1 Å². The molecule has 2 aromatic carbocycles. The van der Waals surface area contributed by atoms with Crippen LogP contribution in [0.25, 0.3) is 33.6 Å². The largest absolute Gasteiger partial charge is 0.494 e. The molecule has 1 aliphatic heterocycles. The van der Waals surface area contributed by atoms with E-state index < -0.39 is 30.0 Å². The molecule has 1 aliphatic rings. The number of nitrogens with zero attached hydrogens (tertiary/aromatic N) is 1. The molecule has 0 radical (unpaired) electrons. The zero-order chi connectivity index (χ0) is 30.7. The van der Waals surface area contributed by atoms with Gasteiger partial charge in [-0.05, 0) is 77.0 Å². The normalized spacial score (nSPS) is 17.4. The fourth-order valence-corrected chi connectivity index (χ4v) is 4.88. The van der Waals surface area contributed by atoms with Crippen LogP contribution in [-0.2, 0) is 14.0 Å². The molecule has 8 nitrogen and oxygen atoms in total. The predicted molar refractivity (Wildman–Crippen MR) is 167 cm³/mol. The van der Waals surface area contributed by atoms with Gasteiger partial charge in [0.25, 0.3) is 0 Å². The first-order valence-electron chi connectivity index (χ1n) is 14.5. The number of nitrogens with one attached hydrogen (secondary N) is 2. The number of hydrogen-bond donors (Lipinski definition) is 2. The van der Waals surface area contributed by atoms with Gasteiger partial charge in [0.1, 0.15) is 22.8 Å². The summed E-state index contributed by atoms with van der Waals surface area (Å²) in [4.78, 5) is 20.6. The number of rotatable bonds is 5. The molecule has 0 saturated carbocycles. The molecular formula is C33H42BN3O5.